The molecule has 2 atom stereocenters. The number of amides is 2. The fourth-order valence-corrected chi connectivity index (χ4v) is 6.12. The Hall–Kier alpha value is -2.76. The van der Waals surface area contributed by atoms with Gasteiger partial charge in [0.1, 0.15) is 5.75 Å². The van der Waals surface area contributed by atoms with Gasteiger partial charge >= 0.3 is 12.4 Å². The first-order chi connectivity index (χ1) is 16.6. The average molecular weight is 513 g/mol. The van der Waals surface area contributed by atoms with Gasteiger partial charge in [0.15, 0.2) is 9.84 Å². The number of halogens is 3. The molecule has 35 heavy (non-hydrogen) atoms. The highest BCUT2D eigenvalue weighted by molar-refractivity contribution is 7.91. The zero-order valence-electron chi connectivity index (χ0n) is 19.0. The first-order valence-corrected chi connectivity index (χ1v) is 13.5. The molecule has 2 amide bonds. The SMILES string of the molecule is O=C(N1CCS(=O)(=O)CC1)N1CC(c2ccc(OC(F)(F)F)cc2)CC(c2cc(C3CC3)[nH]n2)C1. The summed E-state index contributed by atoms with van der Waals surface area (Å²) in [7, 11) is -3.12. The van der Waals surface area contributed by atoms with Crippen molar-refractivity contribution in [1.29, 1.82) is 0 Å². The topological polar surface area (TPSA) is 95.6 Å². The molecule has 3 aliphatic rings. The van der Waals surface area contributed by atoms with Crippen LogP contribution in [0.1, 0.15) is 54.0 Å². The molecule has 190 valence electrons. The number of nitrogens with one attached hydrogen (secondary N) is 1. The van der Waals surface area contributed by atoms with Crippen LogP contribution < -0.4 is 4.74 Å². The number of carbonyl (C=O) groups excluding carboxylic acids is 1. The number of H-pyrrole nitrogens is 1. The largest absolute Gasteiger partial charge is 0.573 e. The quantitative estimate of drug-likeness (QED) is 0.675. The zero-order valence-corrected chi connectivity index (χ0v) is 19.8. The van der Waals surface area contributed by atoms with Gasteiger partial charge in [-0.1, -0.05) is 12.1 Å². The van der Waals surface area contributed by atoms with Gasteiger partial charge in [-0.05, 0) is 43.0 Å². The normalized spacial score (nSPS) is 24.9. The molecule has 1 aromatic carbocycles. The summed E-state index contributed by atoms with van der Waals surface area (Å²) >= 11 is 0. The Balaban J connectivity index is 1.36. The van der Waals surface area contributed by atoms with Crippen LogP contribution >= 0.6 is 0 Å². The number of hydrogen-bond acceptors (Lipinski definition) is 5. The number of alkyl halides is 3. The minimum absolute atomic E-state index is 0.0514. The molecule has 1 aliphatic carbocycles. The lowest BCUT2D eigenvalue weighted by molar-refractivity contribution is -0.274. The molecule has 1 N–H and O–H groups in total. The minimum atomic E-state index is -4.76. The molecule has 3 fully saturated rings. The van der Waals surface area contributed by atoms with Gasteiger partial charge < -0.3 is 14.5 Å². The van der Waals surface area contributed by atoms with Crippen molar-refractivity contribution in [3.05, 3.63) is 47.3 Å². The van der Waals surface area contributed by atoms with Crippen LogP contribution in [-0.4, -0.2) is 78.5 Å². The monoisotopic (exact) mass is 512 g/mol. The van der Waals surface area contributed by atoms with Gasteiger partial charge in [0, 0.05) is 49.6 Å². The number of aromatic amines is 1. The van der Waals surface area contributed by atoms with E-state index in [2.05, 4.69) is 21.0 Å². The molecule has 1 saturated carbocycles. The molecule has 0 spiro atoms. The highest BCUT2D eigenvalue weighted by atomic mass is 32.2. The van der Waals surface area contributed by atoms with Crippen LogP contribution in [-0.2, 0) is 9.84 Å². The van der Waals surface area contributed by atoms with E-state index in [9.17, 15) is 26.4 Å². The van der Waals surface area contributed by atoms with Gasteiger partial charge in [0.05, 0.1) is 17.2 Å². The van der Waals surface area contributed by atoms with E-state index in [-0.39, 0.29) is 48.2 Å². The second-order valence-corrected chi connectivity index (χ2v) is 11.9. The minimum Gasteiger partial charge on any atom is -0.406 e. The van der Waals surface area contributed by atoms with E-state index in [4.69, 9.17) is 0 Å². The maximum Gasteiger partial charge on any atom is 0.573 e. The van der Waals surface area contributed by atoms with Crippen LogP contribution in [0.15, 0.2) is 30.3 Å². The fourth-order valence-electron chi connectivity index (χ4n) is 4.92. The Morgan fingerprint density at radius 1 is 1.00 bits per heavy atom. The molecule has 2 unspecified atom stereocenters. The van der Waals surface area contributed by atoms with E-state index in [0.717, 1.165) is 29.8 Å². The van der Waals surface area contributed by atoms with E-state index in [1.807, 2.05) is 0 Å². The summed E-state index contributed by atoms with van der Waals surface area (Å²) in [5.41, 5.74) is 2.77. The molecule has 2 aromatic rings. The number of carbonyl (C=O) groups is 1. The lowest BCUT2D eigenvalue weighted by atomic mass is 9.83. The number of likely N-dealkylation sites (tertiary alicyclic amines) is 1. The predicted molar refractivity (Wildman–Crippen MR) is 121 cm³/mol. The standard InChI is InChI=1S/C23H27F3N4O4S/c24-23(25,26)34-19-5-3-15(4-6-19)17-11-18(21-12-20(27-28-21)16-1-2-16)14-30(13-17)22(31)29-7-9-35(32,33)10-8-29/h3-6,12,16-18H,1-2,7-11,13-14H2,(H,27,28). The maximum atomic E-state index is 13.3. The number of hydrogen-bond donors (Lipinski definition) is 1. The van der Waals surface area contributed by atoms with Gasteiger partial charge in [0.2, 0.25) is 0 Å². The molecular weight excluding hydrogens is 485 g/mol. The van der Waals surface area contributed by atoms with E-state index in [1.54, 1.807) is 21.9 Å². The molecular formula is C23H27F3N4O4S. The highest BCUT2D eigenvalue weighted by Gasteiger charge is 2.37. The Morgan fingerprint density at radius 3 is 2.29 bits per heavy atom. The first kappa shape index (κ1) is 24.0. The molecule has 3 heterocycles. The first-order valence-electron chi connectivity index (χ1n) is 11.7. The molecule has 0 radical (unpaired) electrons. The maximum absolute atomic E-state index is 13.3. The van der Waals surface area contributed by atoms with Crippen molar-refractivity contribution < 1.29 is 31.1 Å². The van der Waals surface area contributed by atoms with Gasteiger partial charge in [0.25, 0.3) is 0 Å². The van der Waals surface area contributed by atoms with Crippen molar-refractivity contribution in [2.24, 2.45) is 0 Å². The Kier molecular flexibility index (Phi) is 6.18. The van der Waals surface area contributed by atoms with Crippen LogP contribution in [0.4, 0.5) is 18.0 Å². The number of nitrogens with zero attached hydrogens (tertiary/aromatic N) is 3. The summed E-state index contributed by atoms with van der Waals surface area (Å²) in [6.45, 7) is 1.15. The van der Waals surface area contributed by atoms with Gasteiger partial charge in [-0.2, -0.15) is 5.10 Å². The summed E-state index contributed by atoms with van der Waals surface area (Å²) in [4.78, 5) is 16.6. The summed E-state index contributed by atoms with van der Waals surface area (Å²) in [5, 5.41) is 7.62. The molecule has 12 heteroatoms. The van der Waals surface area contributed by atoms with Gasteiger partial charge in [-0.3, -0.25) is 5.10 Å². The molecule has 2 saturated heterocycles. The average Bonchev–Trinajstić information content (AvgIpc) is 3.54. The van der Waals surface area contributed by atoms with Crippen LogP contribution in [0.3, 0.4) is 0 Å². The highest BCUT2D eigenvalue weighted by Crippen LogP contribution is 2.41. The fraction of sp³-hybridized carbons (Fsp3) is 0.565. The zero-order chi connectivity index (χ0) is 24.8. The van der Waals surface area contributed by atoms with Crippen molar-refractivity contribution in [2.75, 3.05) is 37.7 Å². The van der Waals surface area contributed by atoms with Gasteiger partial charge in [-0.15, -0.1) is 13.2 Å². The number of rotatable bonds is 4. The van der Waals surface area contributed by atoms with Crippen molar-refractivity contribution in [2.45, 2.75) is 43.4 Å². The third-order valence-electron chi connectivity index (χ3n) is 6.97. The van der Waals surface area contributed by atoms with Gasteiger partial charge in [-0.25, -0.2) is 13.2 Å². The second kappa shape index (κ2) is 9.03. The smallest absolute Gasteiger partial charge is 0.406 e. The van der Waals surface area contributed by atoms with Crippen molar-refractivity contribution >= 4 is 15.9 Å². The molecule has 1 aromatic heterocycles. The van der Waals surface area contributed by atoms with Crippen molar-refractivity contribution in [1.82, 2.24) is 20.0 Å². The number of ether oxygens (including phenoxy) is 1. The second-order valence-electron chi connectivity index (χ2n) is 9.60. The number of aromatic nitrogens is 2. The van der Waals surface area contributed by atoms with E-state index in [0.29, 0.717) is 25.4 Å². The van der Waals surface area contributed by atoms with Crippen LogP contribution in [0, 0.1) is 0 Å². The Labute approximate surface area is 201 Å². The van der Waals surface area contributed by atoms with Crippen LogP contribution in [0.25, 0.3) is 0 Å². The molecule has 0 bridgehead atoms. The Morgan fingerprint density at radius 2 is 1.66 bits per heavy atom. The third kappa shape index (κ3) is 5.74. The lowest BCUT2D eigenvalue weighted by Gasteiger charge is -2.40. The third-order valence-corrected chi connectivity index (χ3v) is 8.58. The summed E-state index contributed by atoms with van der Waals surface area (Å²) in [6.07, 6.45) is -1.82. The Bertz CT molecular complexity index is 1160. The summed E-state index contributed by atoms with van der Waals surface area (Å²) < 4.78 is 65.2. The van der Waals surface area contributed by atoms with Crippen LogP contribution in [0.2, 0.25) is 0 Å². The predicted octanol–water partition coefficient (Wildman–Crippen LogP) is 3.61. The van der Waals surface area contributed by atoms with Crippen molar-refractivity contribution in [3.63, 3.8) is 0 Å². The number of benzene rings is 1. The molecule has 2 aliphatic heterocycles. The number of sulfone groups is 1. The summed E-state index contributed by atoms with van der Waals surface area (Å²) in [6, 6.07) is 7.61. The van der Waals surface area contributed by atoms with E-state index in [1.165, 1.54) is 12.1 Å². The molecule has 5 rings (SSSR count). The van der Waals surface area contributed by atoms with Crippen molar-refractivity contribution in [3.8, 4) is 5.75 Å². The van der Waals surface area contributed by atoms with E-state index < -0.39 is 16.2 Å². The van der Waals surface area contributed by atoms with Crippen LogP contribution in [0.5, 0.6) is 5.75 Å². The summed E-state index contributed by atoms with van der Waals surface area (Å²) in [5.74, 6) is -0.0651. The molecule has 8 nitrogen and oxygen atoms in total. The lowest BCUT2D eigenvalue weighted by Crippen LogP contribution is -2.53. The van der Waals surface area contributed by atoms with E-state index >= 15 is 0 Å². The number of urea groups is 1. The number of piperidine rings is 1.